The molecule has 0 atom stereocenters. The summed E-state index contributed by atoms with van der Waals surface area (Å²) in [5.41, 5.74) is 4.13. The van der Waals surface area contributed by atoms with Crippen molar-refractivity contribution >= 4 is 21.6 Å². The standard InChI is InChI=1S/C23H27N5O3S/c1-15(2)28-32(30,31)22-12-18(11-20(13-22)24-14-19-7-8-25-27-19)23(29)26-21-9-16-5-3-4-6-17(16)10-21/h3-8,11-13,15,21,24,28H,9-10,14H2,1-2H3,(H,25,27)(H,26,29). The highest BCUT2D eigenvalue weighted by Gasteiger charge is 2.24. The number of H-pyrrole nitrogens is 1. The molecule has 2 aromatic carbocycles. The van der Waals surface area contributed by atoms with Crippen molar-refractivity contribution in [3.05, 3.63) is 77.1 Å². The number of rotatable bonds is 8. The van der Waals surface area contributed by atoms with E-state index >= 15 is 0 Å². The number of anilines is 1. The average molecular weight is 454 g/mol. The molecule has 4 N–H and O–H groups in total. The molecule has 0 fully saturated rings. The van der Waals surface area contributed by atoms with Gasteiger partial charge in [-0.05, 0) is 62.1 Å². The number of aromatic amines is 1. The molecule has 0 unspecified atom stereocenters. The van der Waals surface area contributed by atoms with Crippen LogP contribution in [0.25, 0.3) is 0 Å². The Labute approximate surface area is 187 Å². The molecule has 3 aromatic rings. The Morgan fingerprint density at radius 1 is 1.12 bits per heavy atom. The van der Waals surface area contributed by atoms with E-state index in [9.17, 15) is 13.2 Å². The van der Waals surface area contributed by atoms with Crippen LogP contribution in [0, 0.1) is 0 Å². The van der Waals surface area contributed by atoms with Gasteiger partial charge in [0.05, 0.1) is 17.1 Å². The number of aromatic nitrogens is 2. The van der Waals surface area contributed by atoms with Gasteiger partial charge in [-0.1, -0.05) is 24.3 Å². The molecule has 0 radical (unpaired) electrons. The summed E-state index contributed by atoms with van der Waals surface area (Å²) < 4.78 is 28.2. The summed E-state index contributed by atoms with van der Waals surface area (Å²) in [6, 6.07) is 14.3. The molecule has 0 bridgehead atoms. The Hall–Kier alpha value is -3.17. The smallest absolute Gasteiger partial charge is 0.251 e. The summed E-state index contributed by atoms with van der Waals surface area (Å²) in [5.74, 6) is -0.297. The van der Waals surface area contributed by atoms with Gasteiger partial charge >= 0.3 is 0 Å². The van der Waals surface area contributed by atoms with Crippen LogP contribution in [-0.2, 0) is 29.4 Å². The van der Waals surface area contributed by atoms with E-state index in [0.717, 1.165) is 18.5 Å². The zero-order valence-corrected chi connectivity index (χ0v) is 18.9. The Kier molecular flexibility index (Phi) is 6.29. The van der Waals surface area contributed by atoms with Gasteiger partial charge in [-0.2, -0.15) is 5.10 Å². The summed E-state index contributed by atoms with van der Waals surface area (Å²) in [6.45, 7) is 3.92. The molecule has 0 saturated carbocycles. The van der Waals surface area contributed by atoms with Crippen molar-refractivity contribution in [3.8, 4) is 0 Å². The van der Waals surface area contributed by atoms with Crippen molar-refractivity contribution < 1.29 is 13.2 Å². The van der Waals surface area contributed by atoms with Crippen LogP contribution in [0.3, 0.4) is 0 Å². The van der Waals surface area contributed by atoms with Crippen LogP contribution >= 0.6 is 0 Å². The molecular weight excluding hydrogens is 426 g/mol. The lowest BCUT2D eigenvalue weighted by Crippen LogP contribution is -2.35. The first-order valence-electron chi connectivity index (χ1n) is 10.6. The number of nitrogens with one attached hydrogen (secondary N) is 4. The van der Waals surface area contributed by atoms with Gasteiger partial charge in [0.2, 0.25) is 10.0 Å². The largest absolute Gasteiger partial charge is 0.379 e. The molecule has 1 aliphatic rings. The molecule has 4 rings (SSSR count). The fourth-order valence-electron chi connectivity index (χ4n) is 3.88. The van der Waals surface area contributed by atoms with Gasteiger partial charge in [-0.3, -0.25) is 9.89 Å². The van der Waals surface area contributed by atoms with Crippen molar-refractivity contribution in [2.24, 2.45) is 0 Å². The third-order valence-electron chi connectivity index (χ3n) is 5.30. The lowest BCUT2D eigenvalue weighted by atomic mass is 10.1. The molecule has 0 saturated heterocycles. The van der Waals surface area contributed by atoms with Gasteiger partial charge in [0.25, 0.3) is 5.91 Å². The quantitative estimate of drug-likeness (QED) is 0.418. The fraction of sp³-hybridized carbons (Fsp3) is 0.304. The highest BCUT2D eigenvalue weighted by atomic mass is 32.2. The molecule has 1 aromatic heterocycles. The summed E-state index contributed by atoms with van der Waals surface area (Å²) in [4.78, 5) is 13.1. The first-order valence-corrected chi connectivity index (χ1v) is 12.1. The maximum absolute atomic E-state index is 13.1. The van der Waals surface area contributed by atoms with Crippen LogP contribution in [0.4, 0.5) is 5.69 Å². The van der Waals surface area contributed by atoms with Gasteiger partial charge in [0.15, 0.2) is 0 Å². The summed E-state index contributed by atoms with van der Waals surface area (Å²) in [5, 5.41) is 13.0. The van der Waals surface area contributed by atoms with Crippen molar-refractivity contribution in [3.63, 3.8) is 0 Å². The van der Waals surface area contributed by atoms with Crippen molar-refractivity contribution in [2.75, 3.05) is 5.32 Å². The van der Waals surface area contributed by atoms with Crippen LogP contribution in [0.2, 0.25) is 0 Å². The van der Waals surface area contributed by atoms with Crippen LogP contribution in [0.15, 0.2) is 59.6 Å². The summed E-state index contributed by atoms with van der Waals surface area (Å²) in [7, 11) is -3.77. The molecule has 1 amide bonds. The zero-order valence-electron chi connectivity index (χ0n) is 18.1. The number of sulfonamides is 1. The van der Waals surface area contributed by atoms with E-state index in [1.165, 1.54) is 23.3 Å². The van der Waals surface area contributed by atoms with E-state index in [0.29, 0.717) is 17.8 Å². The van der Waals surface area contributed by atoms with E-state index in [1.807, 2.05) is 18.2 Å². The van der Waals surface area contributed by atoms with E-state index in [4.69, 9.17) is 0 Å². The SMILES string of the molecule is CC(C)NS(=O)(=O)c1cc(NCc2ccn[nH]2)cc(C(=O)NC2Cc3ccccc3C2)c1. The normalized spacial score (nSPS) is 13.8. The summed E-state index contributed by atoms with van der Waals surface area (Å²) >= 11 is 0. The topological polar surface area (TPSA) is 116 Å². The third-order valence-corrected chi connectivity index (χ3v) is 6.94. The van der Waals surface area contributed by atoms with E-state index < -0.39 is 10.0 Å². The number of fused-ring (bicyclic) bond motifs is 1. The Morgan fingerprint density at radius 2 is 1.84 bits per heavy atom. The molecule has 168 valence electrons. The second kappa shape index (κ2) is 9.13. The monoisotopic (exact) mass is 453 g/mol. The van der Waals surface area contributed by atoms with Crippen LogP contribution in [-0.4, -0.2) is 36.6 Å². The molecule has 1 aliphatic carbocycles. The number of amides is 1. The van der Waals surface area contributed by atoms with Gasteiger partial charge in [0, 0.05) is 29.5 Å². The second-order valence-electron chi connectivity index (χ2n) is 8.30. The number of carbonyl (C=O) groups is 1. The minimum Gasteiger partial charge on any atom is -0.379 e. The number of nitrogens with zero attached hydrogens (tertiary/aromatic N) is 1. The van der Waals surface area contributed by atoms with E-state index in [2.05, 4.69) is 37.7 Å². The number of benzene rings is 2. The molecule has 1 heterocycles. The number of carbonyl (C=O) groups excluding carboxylic acids is 1. The van der Waals surface area contributed by atoms with Gasteiger partial charge in [-0.25, -0.2) is 13.1 Å². The molecule has 9 heteroatoms. The lowest BCUT2D eigenvalue weighted by molar-refractivity contribution is 0.0938. The van der Waals surface area contributed by atoms with E-state index in [1.54, 1.807) is 26.1 Å². The highest BCUT2D eigenvalue weighted by Crippen LogP contribution is 2.24. The molecule has 8 nitrogen and oxygen atoms in total. The zero-order chi connectivity index (χ0) is 22.7. The van der Waals surface area contributed by atoms with Crippen LogP contribution in [0.1, 0.15) is 41.0 Å². The van der Waals surface area contributed by atoms with Gasteiger partial charge in [0.1, 0.15) is 0 Å². The first kappa shape index (κ1) is 22.0. The van der Waals surface area contributed by atoms with Crippen molar-refractivity contribution in [1.29, 1.82) is 0 Å². The van der Waals surface area contributed by atoms with Crippen LogP contribution < -0.4 is 15.4 Å². The molecule has 0 spiro atoms. The summed E-state index contributed by atoms with van der Waals surface area (Å²) in [6.07, 6.45) is 3.17. The number of hydrogen-bond acceptors (Lipinski definition) is 5. The predicted octanol–water partition coefficient (Wildman–Crippen LogP) is 2.61. The Balaban J connectivity index is 1.57. The fourth-order valence-corrected chi connectivity index (χ4v) is 5.20. The van der Waals surface area contributed by atoms with Crippen molar-refractivity contribution in [2.45, 2.75) is 50.2 Å². The number of hydrogen-bond donors (Lipinski definition) is 4. The Bertz CT molecular complexity index is 1180. The lowest BCUT2D eigenvalue weighted by Gasteiger charge is -2.16. The first-order chi connectivity index (χ1) is 15.3. The molecule has 32 heavy (non-hydrogen) atoms. The second-order valence-corrected chi connectivity index (χ2v) is 10.0. The van der Waals surface area contributed by atoms with Crippen molar-refractivity contribution in [1.82, 2.24) is 20.2 Å². The third kappa shape index (κ3) is 5.17. The molecular formula is C23H27N5O3S. The minimum atomic E-state index is -3.77. The Morgan fingerprint density at radius 3 is 2.47 bits per heavy atom. The molecule has 0 aliphatic heterocycles. The van der Waals surface area contributed by atoms with Gasteiger partial charge in [-0.15, -0.1) is 0 Å². The maximum atomic E-state index is 13.1. The maximum Gasteiger partial charge on any atom is 0.251 e. The predicted molar refractivity (Wildman–Crippen MR) is 123 cm³/mol. The highest BCUT2D eigenvalue weighted by molar-refractivity contribution is 7.89. The van der Waals surface area contributed by atoms with Crippen LogP contribution in [0.5, 0.6) is 0 Å². The average Bonchev–Trinajstić information content (AvgIpc) is 3.40. The van der Waals surface area contributed by atoms with Gasteiger partial charge < -0.3 is 10.6 Å². The van der Waals surface area contributed by atoms with E-state index in [-0.39, 0.29) is 22.9 Å². The minimum absolute atomic E-state index is 0.0182.